The molecule has 0 N–H and O–H groups in total. The standard InChI is InChI=1S/C16H9BrFNO2/c17-12-3-1-2-10(8-12)9-14-16(20)21-15(19-14)11-4-6-13(18)7-5-11/h1-9H/b14-9+. The second-order valence-corrected chi connectivity index (χ2v) is 5.31. The Kier molecular flexibility index (Phi) is 3.66. The SMILES string of the molecule is O=C1OC(c2ccc(F)cc2)=N/C1=C/c1cccc(Br)c1. The summed E-state index contributed by atoms with van der Waals surface area (Å²) in [5, 5.41) is 0. The van der Waals surface area contributed by atoms with E-state index in [2.05, 4.69) is 20.9 Å². The van der Waals surface area contributed by atoms with Crippen molar-refractivity contribution in [3.05, 3.63) is 75.6 Å². The predicted octanol–water partition coefficient (Wildman–Crippen LogP) is 3.93. The number of nitrogens with zero attached hydrogens (tertiary/aromatic N) is 1. The highest BCUT2D eigenvalue weighted by molar-refractivity contribution is 9.10. The molecule has 0 spiro atoms. The number of halogens is 2. The van der Waals surface area contributed by atoms with Crippen LogP contribution in [0.15, 0.2) is 63.7 Å². The van der Waals surface area contributed by atoms with E-state index in [9.17, 15) is 9.18 Å². The van der Waals surface area contributed by atoms with Crippen molar-refractivity contribution in [2.45, 2.75) is 0 Å². The van der Waals surface area contributed by atoms with E-state index in [0.717, 1.165) is 10.0 Å². The Hall–Kier alpha value is -2.27. The van der Waals surface area contributed by atoms with E-state index in [1.54, 1.807) is 6.08 Å². The molecule has 2 aromatic carbocycles. The lowest BCUT2D eigenvalue weighted by atomic mass is 10.2. The zero-order valence-corrected chi connectivity index (χ0v) is 12.3. The summed E-state index contributed by atoms with van der Waals surface area (Å²) in [4.78, 5) is 16.0. The summed E-state index contributed by atoms with van der Waals surface area (Å²) in [5.74, 6) is -0.691. The van der Waals surface area contributed by atoms with Gasteiger partial charge in [0.05, 0.1) is 0 Å². The highest BCUT2D eigenvalue weighted by atomic mass is 79.9. The van der Waals surface area contributed by atoms with Crippen molar-refractivity contribution in [2.24, 2.45) is 4.99 Å². The van der Waals surface area contributed by atoms with Gasteiger partial charge in [-0.15, -0.1) is 0 Å². The Bertz CT molecular complexity index is 766. The van der Waals surface area contributed by atoms with Crippen LogP contribution >= 0.6 is 15.9 Å². The molecule has 0 aromatic heterocycles. The monoisotopic (exact) mass is 345 g/mol. The fourth-order valence-electron chi connectivity index (χ4n) is 1.88. The molecule has 21 heavy (non-hydrogen) atoms. The minimum absolute atomic E-state index is 0.182. The molecular weight excluding hydrogens is 337 g/mol. The fraction of sp³-hybridized carbons (Fsp3) is 0. The van der Waals surface area contributed by atoms with Crippen molar-refractivity contribution in [3.63, 3.8) is 0 Å². The molecular formula is C16H9BrFNO2. The first-order valence-corrected chi connectivity index (χ1v) is 6.95. The van der Waals surface area contributed by atoms with Gasteiger partial charge in [-0.2, -0.15) is 0 Å². The second-order valence-electron chi connectivity index (χ2n) is 4.40. The van der Waals surface area contributed by atoms with Gasteiger partial charge in [0, 0.05) is 10.0 Å². The summed E-state index contributed by atoms with van der Waals surface area (Å²) >= 11 is 3.37. The van der Waals surface area contributed by atoms with Gasteiger partial charge in [0.2, 0.25) is 5.90 Å². The summed E-state index contributed by atoms with van der Waals surface area (Å²) in [5.41, 5.74) is 1.61. The largest absolute Gasteiger partial charge is 0.402 e. The minimum atomic E-state index is -0.519. The van der Waals surface area contributed by atoms with Crippen LogP contribution in [-0.2, 0) is 9.53 Å². The maximum absolute atomic E-state index is 12.9. The summed E-state index contributed by atoms with van der Waals surface area (Å²) in [7, 11) is 0. The normalized spacial score (nSPS) is 16.0. The molecule has 0 aliphatic carbocycles. The first-order chi connectivity index (χ1) is 10.1. The molecule has 5 heteroatoms. The van der Waals surface area contributed by atoms with Crippen LogP contribution in [0.5, 0.6) is 0 Å². The van der Waals surface area contributed by atoms with Gasteiger partial charge in [-0.1, -0.05) is 28.1 Å². The van der Waals surface area contributed by atoms with Gasteiger partial charge in [0.25, 0.3) is 0 Å². The molecule has 0 radical (unpaired) electrons. The Morgan fingerprint density at radius 2 is 1.90 bits per heavy atom. The Labute approximate surface area is 128 Å². The molecule has 0 fully saturated rings. The first-order valence-electron chi connectivity index (χ1n) is 6.16. The maximum Gasteiger partial charge on any atom is 0.363 e. The van der Waals surface area contributed by atoms with Crippen LogP contribution in [0, 0.1) is 5.82 Å². The minimum Gasteiger partial charge on any atom is -0.402 e. The van der Waals surface area contributed by atoms with Crippen LogP contribution in [-0.4, -0.2) is 11.9 Å². The highest BCUT2D eigenvalue weighted by Gasteiger charge is 2.24. The third-order valence-electron chi connectivity index (χ3n) is 2.86. The molecule has 0 saturated carbocycles. The number of rotatable bonds is 2. The molecule has 0 saturated heterocycles. The lowest BCUT2D eigenvalue weighted by Crippen LogP contribution is -2.05. The van der Waals surface area contributed by atoms with Crippen molar-refractivity contribution < 1.29 is 13.9 Å². The summed E-state index contributed by atoms with van der Waals surface area (Å²) < 4.78 is 18.9. The topological polar surface area (TPSA) is 38.7 Å². The number of carbonyl (C=O) groups is 1. The van der Waals surface area contributed by atoms with Crippen molar-refractivity contribution in [3.8, 4) is 0 Å². The van der Waals surface area contributed by atoms with Crippen molar-refractivity contribution in [1.29, 1.82) is 0 Å². The smallest absolute Gasteiger partial charge is 0.363 e. The molecule has 0 atom stereocenters. The first kappa shape index (κ1) is 13.7. The lowest BCUT2D eigenvalue weighted by molar-refractivity contribution is -0.129. The van der Waals surface area contributed by atoms with E-state index >= 15 is 0 Å². The Morgan fingerprint density at radius 1 is 1.14 bits per heavy atom. The average molecular weight is 346 g/mol. The summed E-state index contributed by atoms with van der Waals surface area (Å²) in [6.45, 7) is 0. The van der Waals surface area contributed by atoms with Crippen molar-refractivity contribution >= 4 is 33.9 Å². The number of hydrogen-bond donors (Lipinski definition) is 0. The second kappa shape index (κ2) is 5.61. The average Bonchev–Trinajstić information content (AvgIpc) is 2.81. The van der Waals surface area contributed by atoms with Crippen LogP contribution in [0.25, 0.3) is 6.08 Å². The molecule has 0 bridgehead atoms. The third-order valence-corrected chi connectivity index (χ3v) is 3.36. The molecule has 0 amide bonds. The summed E-state index contributed by atoms with van der Waals surface area (Å²) in [6, 6.07) is 13.1. The Morgan fingerprint density at radius 3 is 2.62 bits per heavy atom. The van der Waals surface area contributed by atoms with Crippen LogP contribution in [0.2, 0.25) is 0 Å². The quantitative estimate of drug-likeness (QED) is 0.610. The number of benzene rings is 2. The van der Waals surface area contributed by atoms with Crippen molar-refractivity contribution in [1.82, 2.24) is 0 Å². The number of carbonyl (C=O) groups excluding carboxylic acids is 1. The van der Waals surface area contributed by atoms with Gasteiger partial charge < -0.3 is 4.74 Å². The van der Waals surface area contributed by atoms with Crippen LogP contribution in [0.3, 0.4) is 0 Å². The van der Waals surface area contributed by atoms with Gasteiger partial charge >= 0.3 is 5.97 Å². The van der Waals surface area contributed by atoms with E-state index in [1.807, 2.05) is 24.3 Å². The highest BCUT2D eigenvalue weighted by Crippen LogP contribution is 2.20. The van der Waals surface area contributed by atoms with Gasteiger partial charge in [-0.25, -0.2) is 14.2 Å². The van der Waals surface area contributed by atoms with Gasteiger partial charge in [0.15, 0.2) is 5.70 Å². The number of ether oxygens (including phenoxy) is 1. The molecule has 1 heterocycles. The van der Waals surface area contributed by atoms with E-state index in [1.165, 1.54) is 24.3 Å². The molecule has 2 aromatic rings. The molecule has 1 aliphatic heterocycles. The number of aliphatic imine (C=N–C) groups is 1. The lowest BCUT2D eigenvalue weighted by Gasteiger charge is -1.98. The third kappa shape index (κ3) is 3.08. The summed E-state index contributed by atoms with van der Waals surface area (Å²) in [6.07, 6.45) is 1.64. The zero-order valence-electron chi connectivity index (χ0n) is 10.7. The number of hydrogen-bond acceptors (Lipinski definition) is 3. The zero-order chi connectivity index (χ0) is 14.8. The maximum atomic E-state index is 12.9. The Balaban J connectivity index is 1.93. The molecule has 1 aliphatic rings. The van der Waals surface area contributed by atoms with Crippen molar-refractivity contribution in [2.75, 3.05) is 0 Å². The molecule has 3 nitrogen and oxygen atoms in total. The predicted molar refractivity (Wildman–Crippen MR) is 81.1 cm³/mol. The molecule has 104 valence electrons. The fourth-order valence-corrected chi connectivity index (χ4v) is 2.30. The van der Waals surface area contributed by atoms with Crippen LogP contribution < -0.4 is 0 Å². The van der Waals surface area contributed by atoms with E-state index in [4.69, 9.17) is 4.74 Å². The van der Waals surface area contributed by atoms with Gasteiger partial charge in [-0.05, 0) is 48.0 Å². The van der Waals surface area contributed by atoms with E-state index in [0.29, 0.717) is 5.56 Å². The molecule has 3 rings (SSSR count). The number of esters is 1. The van der Waals surface area contributed by atoms with Gasteiger partial charge in [0.1, 0.15) is 5.82 Å². The number of cyclic esters (lactones) is 1. The van der Waals surface area contributed by atoms with E-state index in [-0.39, 0.29) is 17.4 Å². The molecule has 0 unspecified atom stereocenters. The van der Waals surface area contributed by atoms with Gasteiger partial charge in [-0.3, -0.25) is 0 Å². The van der Waals surface area contributed by atoms with Crippen LogP contribution in [0.1, 0.15) is 11.1 Å². The van der Waals surface area contributed by atoms with E-state index < -0.39 is 5.97 Å². The van der Waals surface area contributed by atoms with Crippen LogP contribution in [0.4, 0.5) is 4.39 Å².